The van der Waals surface area contributed by atoms with Crippen LogP contribution in [0.2, 0.25) is 5.02 Å². The molecule has 1 unspecified atom stereocenters. The van der Waals surface area contributed by atoms with Crippen LogP contribution in [0.3, 0.4) is 0 Å². The quantitative estimate of drug-likeness (QED) is 0.0787. The first kappa shape index (κ1) is 31.9. The number of H-pyrrole nitrogens is 1. The second kappa shape index (κ2) is 14.9. The molecule has 0 fully saturated rings. The molecular formula is C30H34ClN9O4. The van der Waals surface area contributed by atoms with E-state index in [9.17, 15) is 14.4 Å². The van der Waals surface area contributed by atoms with Gasteiger partial charge in [-0.2, -0.15) is 5.10 Å². The highest BCUT2D eigenvalue weighted by Gasteiger charge is 2.22. The second-order valence-corrected chi connectivity index (χ2v) is 10.6. The summed E-state index contributed by atoms with van der Waals surface area (Å²) >= 11 is 6.20. The van der Waals surface area contributed by atoms with Crippen molar-refractivity contribution in [3.63, 3.8) is 0 Å². The molecule has 0 aliphatic carbocycles. The summed E-state index contributed by atoms with van der Waals surface area (Å²) in [6, 6.07) is 9.71. The van der Waals surface area contributed by atoms with Crippen LogP contribution in [-0.4, -0.2) is 48.0 Å². The van der Waals surface area contributed by atoms with Crippen molar-refractivity contribution in [2.45, 2.75) is 38.6 Å². The van der Waals surface area contributed by atoms with E-state index < -0.39 is 12.1 Å². The number of nitrogens with zero attached hydrogens (tertiary/aromatic N) is 4. The Morgan fingerprint density at radius 3 is 2.82 bits per heavy atom. The van der Waals surface area contributed by atoms with Crippen LogP contribution in [0.15, 0.2) is 58.9 Å². The summed E-state index contributed by atoms with van der Waals surface area (Å²) in [6.45, 7) is 5.36. The second-order valence-electron chi connectivity index (χ2n) is 10.2. The zero-order chi connectivity index (χ0) is 31.6. The third kappa shape index (κ3) is 8.52. The number of carbonyl (C=O) groups is 3. The van der Waals surface area contributed by atoms with E-state index in [1.165, 1.54) is 24.5 Å². The number of aromatic nitrogens is 2. The molecule has 2 bridgehead atoms. The van der Waals surface area contributed by atoms with Gasteiger partial charge in [-0.15, -0.1) is 5.10 Å². The van der Waals surface area contributed by atoms with E-state index in [0.29, 0.717) is 64.0 Å². The van der Waals surface area contributed by atoms with Gasteiger partial charge in [0.15, 0.2) is 0 Å². The Morgan fingerprint density at radius 1 is 1.23 bits per heavy atom. The summed E-state index contributed by atoms with van der Waals surface area (Å²) in [6.07, 6.45) is 7.61. The first-order chi connectivity index (χ1) is 21.2. The highest BCUT2D eigenvalue weighted by molar-refractivity contribution is 6.30. The number of nitrogens with one attached hydrogen (secondary N) is 4. The van der Waals surface area contributed by atoms with Crippen LogP contribution in [0.5, 0.6) is 0 Å². The standard InChI is InChI=1S/C30H34ClN9O4/c1-18-4-10-23(37-28(42)13-6-19-14-20(31)7-11-26(19)40(32)17-35-33-2)29-34-16-25(39-29)22-9-8-21(36-30(43)44-3)15-24(22)38-27(41)12-5-18/h6-9,11,13-18,23H,2,4-5,10,12,32H2,1,3H3,(H,34,39)(H,36,43)(H,37,42)(H,38,41)/b13-6+,35-17-/t18?,23-/m0/s1. The Balaban J connectivity index is 1.61. The number of fused-ring (bicyclic) bond motifs is 4. The Bertz CT molecular complexity index is 1590. The number of nitrogens with two attached hydrogens (primary N) is 1. The number of hydrogen-bond acceptors (Lipinski definition) is 8. The minimum absolute atomic E-state index is 0.147. The Labute approximate surface area is 259 Å². The number of ether oxygens (including phenoxy) is 1. The molecule has 6 N–H and O–H groups in total. The number of aromatic amines is 1. The zero-order valence-electron chi connectivity index (χ0n) is 24.3. The van der Waals surface area contributed by atoms with E-state index in [1.54, 1.807) is 48.7 Å². The number of halogens is 1. The van der Waals surface area contributed by atoms with Crippen LogP contribution >= 0.6 is 11.6 Å². The van der Waals surface area contributed by atoms with Crippen molar-refractivity contribution in [1.29, 1.82) is 0 Å². The largest absolute Gasteiger partial charge is 0.453 e. The number of hydrogen-bond donors (Lipinski definition) is 5. The summed E-state index contributed by atoms with van der Waals surface area (Å²) in [7, 11) is 1.27. The minimum atomic E-state index is -0.628. The van der Waals surface area contributed by atoms with Gasteiger partial charge in [0.05, 0.1) is 36.4 Å². The van der Waals surface area contributed by atoms with Gasteiger partial charge < -0.3 is 20.4 Å². The first-order valence-corrected chi connectivity index (χ1v) is 14.2. The summed E-state index contributed by atoms with van der Waals surface area (Å²) in [4.78, 5) is 45.6. The van der Waals surface area contributed by atoms with Crippen LogP contribution in [0, 0.1) is 5.92 Å². The lowest BCUT2D eigenvalue weighted by atomic mass is 9.96. The van der Waals surface area contributed by atoms with Gasteiger partial charge >= 0.3 is 6.09 Å². The molecule has 1 aromatic heterocycles. The maximum absolute atomic E-state index is 13.2. The lowest BCUT2D eigenvalue weighted by Crippen LogP contribution is -2.29. The van der Waals surface area contributed by atoms with Crippen molar-refractivity contribution in [2.24, 2.45) is 22.0 Å². The predicted molar refractivity (Wildman–Crippen MR) is 172 cm³/mol. The van der Waals surface area contributed by atoms with Crippen LogP contribution in [-0.2, 0) is 14.3 Å². The minimum Gasteiger partial charge on any atom is -0.453 e. The van der Waals surface area contributed by atoms with Crippen LogP contribution in [0.1, 0.15) is 50.0 Å². The smallest absolute Gasteiger partial charge is 0.411 e. The summed E-state index contributed by atoms with van der Waals surface area (Å²) < 4.78 is 4.68. The molecule has 0 radical (unpaired) electrons. The average molecular weight is 620 g/mol. The Kier molecular flexibility index (Phi) is 10.8. The maximum Gasteiger partial charge on any atom is 0.411 e. The molecule has 2 heterocycles. The van der Waals surface area contributed by atoms with Crippen molar-refractivity contribution >= 4 is 65.7 Å². The van der Waals surface area contributed by atoms with Gasteiger partial charge in [-0.05, 0) is 67.7 Å². The molecule has 1 aliphatic heterocycles. The predicted octanol–water partition coefficient (Wildman–Crippen LogP) is 5.25. The molecule has 4 rings (SSSR count). The molecule has 2 aromatic carbocycles. The SMILES string of the molecule is C=N/N=C\N(N)c1ccc(Cl)cc1/C=C/C(=O)N[C@H]1CCC(C)CCC(=O)Nc2cc(NC(=O)OC)ccc2-c2cnc1[nH]2. The van der Waals surface area contributed by atoms with E-state index in [-0.39, 0.29) is 17.7 Å². The summed E-state index contributed by atoms with van der Waals surface area (Å²) in [5.41, 5.74) is 3.38. The molecule has 3 aromatic rings. The lowest BCUT2D eigenvalue weighted by molar-refractivity contribution is -0.117. The zero-order valence-corrected chi connectivity index (χ0v) is 25.1. The Hall–Kier alpha value is -5.01. The number of rotatable bonds is 7. The molecule has 2 atom stereocenters. The normalized spacial score (nSPS) is 17.0. The number of amides is 3. The highest BCUT2D eigenvalue weighted by Crippen LogP contribution is 2.32. The van der Waals surface area contributed by atoms with E-state index in [1.807, 2.05) is 0 Å². The maximum atomic E-state index is 13.2. The van der Waals surface area contributed by atoms with Gasteiger partial charge in [0.25, 0.3) is 0 Å². The van der Waals surface area contributed by atoms with Gasteiger partial charge in [-0.1, -0.05) is 18.5 Å². The van der Waals surface area contributed by atoms with Gasteiger partial charge in [-0.3, -0.25) is 19.9 Å². The van der Waals surface area contributed by atoms with E-state index in [0.717, 1.165) is 6.42 Å². The van der Waals surface area contributed by atoms with Crippen molar-refractivity contribution in [3.8, 4) is 11.3 Å². The van der Waals surface area contributed by atoms with Gasteiger partial charge in [0.1, 0.15) is 12.2 Å². The van der Waals surface area contributed by atoms with Gasteiger partial charge in [0, 0.05) is 41.1 Å². The first-order valence-electron chi connectivity index (χ1n) is 13.8. The third-order valence-corrected chi connectivity index (χ3v) is 7.24. The topological polar surface area (TPSA) is 179 Å². The number of benzene rings is 2. The van der Waals surface area contributed by atoms with E-state index >= 15 is 0 Å². The highest BCUT2D eigenvalue weighted by atomic mass is 35.5. The van der Waals surface area contributed by atoms with Crippen molar-refractivity contribution in [3.05, 3.63) is 65.1 Å². The molecule has 3 amide bonds. The summed E-state index contributed by atoms with van der Waals surface area (Å²) in [5.74, 6) is 6.32. The molecule has 13 nitrogen and oxygen atoms in total. The number of methoxy groups -OCH3 is 1. The number of carbonyl (C=O) groups excluding carboxylic acids is 3. The molecule has 0 spiro atoms. The molecule has 1 aliphatic rings. The van der Waals surface area contributed by atoms with E-state index in [4.69, 9.17) is 17.4 Å². The monoisotopic (exact) mass is 619 g/mol. The van der Waals surface area contributed by atoms with Gasteiger partial charge in [0.2, 0.25) is 11.8 Å². The number of anilines is 3. The molecule has 0 saturated carbocycles. The average Bonchev–Trinajstić information content (AvgIpc) is 3.49. The van der Waals surface area contributed by atoms with Crippen LogP contribution in [0.4, 0.5) is 21.9 Å². The van der Waals surface area contributed by atoms with Crippen molar-refractivity contribution in [2.75, 3.05) is 22.8 Å². The summed E-state index contributed by atoms with van der Waals surface area (Å²) in [5, 5.41) is 17.4. The molecule has 44 heavy (non-hydrogen) atoms. The molecule has 230 valence electrons. The third-order valence-electron chi connectivity index (χ3n) is 7.01. The fourth-order valence-electron chi connectivity index (χ4n) is 4.68. The van der Waals surface area contributed by atoms with E-state index in [2.05, 4.69) is 54.5 Å². The molecule has 14 heteroatoms. The number of hydrazine groups is 1. The lowest BCUT2D eigenvalue weighted by Gasteiger charge is -2.18. The van der Waals surface area contributed by atoms with Gasteiger partial charge in [-0.25, -0.2) is 15.6 Å². The van der Waals surface area contributed by atoms with Crippen molar-refractivity contribution in [1.82, 2.24) is 15.3 Å². The van der Waals surface area contributed by atoms with Crippen molar-refractivity contribution < 1.29 is 19.1 Å². The fourth-order valence-corrected chi connectivity index (χ4v) is 4.86. The molecule has 0 saturated heterocycles. The Morgan fingerprint density at radius 2 is 2.05 bits per heavy atom. The number of imidazole rings is 1. The van der Waals surface area contributed by atoms with Crippen LogP contribution in [0.25, 0.3) is 17.3 Å². The van der Waals surface area contributed by atoms with Crippen LogP contribution < -0.4 is 26.8 Å². The fraction of sp³-hybridized carbons (Fsp3) is 0.267. The molecular weight excluding hydrogens is 586 g/mol.